The summed E-state index contributed by atoms with van der Waals surface area (Å²) in [6, 6.07) is 2.73. The fraction of sp³-hybridized carbons (Fsp3) is 0.400. The van der Waals surface area contributed by atoms with Gasteiger partial charge in [-0.1, -0.05) is 0 Å². The molecule has 0 aromatic carbocycles. The van der Waals surface area contributed by atoms with Crippen molar-refractivity contribution in [3.05, 3.63) is 18.3 Å². The standard InChI is InChI=1S/C10H14N2O4S/c1-10(2,9(11)13)17(14,15)7-4-5-8(16-3)12-6-7/h4-6H,1-3H3,(H2,11,13). The van der Waals surface area contributed by atoms with Crippen LogP contribution in [0.1, 0.15) is 13.8 Å². The normalized spacial score (nSPS) is 12.2. The number of carbonyl (C=O) groups is 1. The lowest BCUT2D eigenvalue weighted by Crippen LogP contribution is -2.45. The Morgan fingerprint density at radius 3 is 2.35 bits per heavy atom. The molecule has 1 rings (SSSR count). The third-order valence-electron chi connectivity index (χ3n) is 2.49. The first-order valence-electron chi connectivity index (χ1n) is 4.78. The molecule has 2 N–H and O–H groups in total. The molecule has 0 aliphatic carbocycles. The Balaban J connectivity index is 3.27. The van der Waals surface area contributed by atoms with Gasteiger partial charge in [0.15, 0.2) is 9.84 Å². The molecule has 0 fully saturated rings. The lowest BCUT2D eigenvalue weighted by atomic mass is 10.2. The number of nitrogens with two attached hydrogens (primary N) is 1. The molecule has 0 unspecified atom stereocenters. The third kappa shape index (κ3) is 2.23. The Kier molecular flexibility index (Phi) is 3.42. The average Bonchev–Trinajstić information content (AvgIpc) is 2.28. The summed E-state index contributed by atoms with van der Waals surface area (Å²) in [6.45, 7) is 2.52. The molecule has 0 bridgehead atoms. The number of primary amides is 1. The van der Waals surface area contributed by atoms with Gasteiger partial charge in [-0.3, -0.25) is 4.79 Å². The maximum atomic E-state index is 12.1. The van der Waals surface area contributed by atoms with Crippen LogP contribution in [-0.4, -0.2) is 31.2 Å². The van der Waals surface area contributed by atoms with E-state index in [1.807, 2.05) is 0 Å². The molecule has 1 aromatic rings. The van der Waals surface area contributed by atoms with Gasteiger partial charge in [0.25, 0.3) is 0 Å². The minimum Gasteiger partial charge on any atom is -0.481 e. The van der Waals surface area contributed by atoms with Gasteiger partial charge in [0.2, 0.25) is 11.8 Å². The van der Waals surface area contributed by atoms with Gasteiger partial charge in [0.1, 0.15) is 4.75 Å². The molecule has 94 valence electrons. The van der Waals surface area contributed by atoms with Crippen LogP contribution in [0.2, 0.25) is 0 Å². The Labute approximate surface area is 99.7 Å². The summed E-state index contributed by atoms with van der Waals surface area (Å²) in [5, 5.41) is 0. The van der Waals surface area contributed by atoms with Crippen molar-refractivity contribution in [2.75, 3.05) is 7.11 Å². The van der Waals surface area contributed by atoms with Crippen molar-refractivity contribution in [3.8, 4) is 5.88 Å². The molecule has 1 amide bonds. The van der Waals surface area contributed by atoms with Crippen molar-refractivity contribution in [2.24, 2.45) is 5.73 Å². The smallest absolute Gasteiger partial charge is 0.238 e. The van der Waals surface area contributed by atoms with Crippen molar-refractivity contribution in [3.63, 3.8) is 0 Å². The molecule has 1 heterocycles. The zero-order valence-corrected chi connectivity index (χ0v) is 10.6. The monoisotopic (exact) mass is 258 g/mol. The summed E-state index contributed by atoms with van der Waals surface area (Å²) < 4.78 is 27.4. The van der Waals surface area contributed by atoms with Crippen LogP contribution >= 0.6 is 0 Å². The molecule has 0 atom stereocenters. The van der Waals surface area contributed by atoms with Gasteiger partial charge >= 0.3 is 0 Å². The third-order valence-corrected chi connectivity index (χ3v) is 4.90. The Bertz CT molecular complexity index is 520. The van der Waals surface area contributed by atoms with Crippen LogP contribution in [0.4, 0.5) is 0 Å². The van der Waals surface area contributed by atoms with Crippen molar-refractivity contribution < 1.29 is 17.9 Å². The van der Waals surface area contributed by atoms with E-state index in [-0.39, 0.29) is 4.90 Å². The van der Waals surface area contributed by atoms with Crippen LogP contribution in [0.5, 0.6) is 5.88 Å². The molecule has 0 radical (unpaired) electrons. The number of ether oxygens (including phenoxy) is 1. The SMILES string of the molecule is COc1ccc(S(=O)(=O)C(C)(C)C(N)=O)cn1. The van der Waals surface area contributed by atoms with Crippen molar-refractivity contribution in [1.29, 1.82) is 0 Å². The number of methoxy groups -OCH3 is 1. The van der Waals surface area contributed by atoms with E-state index in [1.54, 1.807) is 0 Å². The summed E-state index contributed by atoms with van der Waals surface area (Å²) >= 11 is 0. The Morgan fingerprint density at radius 1 is 1.41 bits per heavy atom. The zero-order valence-electron chi connectivity index (χ0n) is 9.80. The maximum absolute atomic E-state index is 12.1. The van der Waals surface area contributed by atoms with E-state index in [9.17, 15) is 13.2 Å². The average molecular weight is 258 g/mol. The van der Waals surface area contributed by atoms with Gasteiger partial charge in [-0.25, -0.2) is 13.4 Å². The number of aromatic nitrogens is 1. The molecule has 0 aliphatic heterocycles. The zero-order chi connectivity index (χ0) is 13.3. The molecular formula is C10H14N2O4S. The van der Waals surface area contributed by atoms with Crippen molar-refractivity contribution >= 4 is 15.7 Å². The number of carbonyl (C=O) groups excluding carboxylic acids is 1. The first-order chi connectivity index (χ1) is 7.73. The summed E-state index contributed by atoms with van der Waals surface area (Å²) in [6.07, 6.45) is 1.14. The first-order valence-corrected chi connectivity index (χ1v) is 6.26. The van der Waals surface area contributed by atoms with Crippen LogP contribution < -0.4 is 10.5 Å². The predicted octanol–water partition coefficient (Wildman–Crippen LogP) is 0.128. The quantitative estimate of drug-likeness (QED) is 0.827. The van der Waals surface area contributed by atoms with Gasteiger partial charge in [-0.2, -0.15) is 0 Å². The van der Waals surface area contributed by atoms with Crippen LogP contribution in [0.25, 0.3) is 0 Å². The second-order valence-corrected chi connectivity index (χ2v) is 6.41. The minimum atomic E-state index is -3.86. The number of sulfone groups is 1. The van der Waals surface area contributed by atoms with E-state index < -0.39 is 20.5 Å². The van der Waals surface area contributed by atoms with E-state index in [0.29, 0.717) is 5.88 Å². The number of rotatable bonds is 4. The summed E-state index contributed by atoms with van der Waals surface area (Å²) in [5.74, 6) is -0.617. The molecule has 0 saturated heterocycles. The van der Waals surface area contributed by atoms with Crippen LogP contribution in [0, 0.1) is 0 Å². The fourth-order valence-electron chi connectivity index (χ4n) is 1.07. The lowest BCUT2D eigenvalue weighted by molar-refractivity contribution is -0.119. The predicted molar refractivity (Wildman–Crippen MR) is 61.2 cm³/mol. The highest BCUT2D eigenvalue weighted by atomic mass is 32.2. The highest BCUT2D eigenvalue weighted by Crippen LogP contribution is 2.25. The molecule has 6 nitrogen and oxygen atoms in total. The number of amides is 1. The van der Waals surface area contributed by atoms with Gasteiger partial charge in [-0.15, -0.1) is 0 Å². The molecule has 0 aliphatic rings. The highest BCUT2D eigenvalue weighted by molar-refractivity contribution is 7.93. The van der Waals surface area contributed by atoms with Crippen LogP contribution in [-0.2, 0) is 14.6 Å². The molecule has 0 saturated carbocycles. The highest BCUT2D eigenvalue weighted by Gasteiger charge is 2.41. The lowest BCUT2D eigenvalue weighted by Gasteiger charge is -2.20. The van der Waals surface area contributed by atoms with Crippen LogP contribution in [0.3, 0.4) is 0 Å². The summed E-state index contributed by atoms with van der Waals surface area (Å²) in [4.78, 5) is 14.9. The van der Waals surface area contributed by atoms with E-state index in [0.717, 1.165) is 6.20 Å². The van der Waals surface area contributed by atoms with E-state index >= 15 is 0 Å². The van der Waals surface area contributed by atoms with Gasteiger partial charge < -0.3 is 10.5 Å². The largest absolute Gasteiger partial charge is 0.481 e. The van der Waals surface area contributed by atoms with Gasteiger partial charge in [0.05, 0.1) is 12.0 Å². The number of hydrogen-bond acceptors (Lipinski definition) is 5. The Hall–Kier alpha value is -1.63. The van der Waals surface area contributed by atoms with Gasteiger partial charge in [-0.05, 0) is 19.9 Å². The molecule has 1 aromatic heterocycles. The van der Waals surface area contributed by atoms with E-state index in [2.05, 4.69) is 4.98 Å². The number of hydrogen-bond donors (Lipinski definition) is 1. The summed E-state index contributed by atoms with van der Waals surface area (Å²) in [7, 11) is -2.43. The van der Waals surface area contributed by atoms with E-state index in [4.69, 9.17) is 10.5 Å². The van der Waals surface area contributed by atoms with Crippen LogP contribution in [0.15, 0.2) is 23.2 Å². The van der Waals surface area contributed by atoms with Crippen molar-refractivity contribution in [2.45, 2.75) is 23.5 Å². The second-order valence-electron chi connectivity index (χ2n) is 3.91. The molecule has 7 heteroatoms. The van der Waals surface area contributed by atoms with E-state index in [1.165, 1.54) is 33.1 Å². The fourth-order valence-corrected chi connectivity index (χ4v) is 2.37. The minimum absolute atomic E-state index is 0.0675. The first kappa shape index (κ1) is 13.4. The topological polar surface area (TPSA) is 99.4 Å². The van der Waals surface area contributed by atoms with Crippen molar-refractivity contribution in [1.82, 2.24) is 4.98 Å². The molecular weight excluding hydrogens is 244 g/mol. The number of nitrogens with zero attached hydrogens (tertiary/aromatic N) is 1. The summed E-state index contributed by atoms with van der Waals surface area (Å²) in [5.41, 5.74) is 5.09. The van der Waals surface area contributed by atoms with Gasteiger partial charge in [0, 0.05) is 12.3 Å². The number of pyridine rings is 1. The second kappa shape index (κ2) is 4.33. The Morgan fingerprint density at radius 2 is 2.00 bits per heavy atom. The maximum Gasteiger partial charge on any atom is 0.238 e. The molecule has 17 heavy (non-hydrogen) atoms. The molecule has 0 spiro atoms.